The number of aromatic nitrogens is 2. The summed E-state index contributed by atoms with van der Waals surface area (Å²) in [7, 11) is 3.65. The second-order valence-electron chi connectivity index (χ2n) is 6.33. The highest BCUT2D eigenvalue weighted by molar-refractivity contribution is 5.76. The number of rotatable bonds is 6. The number of benzene rings is 1. The molecule has 0 spiro atoms. The minimum atomic E-state index is 0.0704. The highest BCUT2D eigenvalue weighted by Gasteiger charge is 2.19. The van der Waals surface area contributed by atoms with Crippen molar-refractivity contribution in [1.29, 1.82) is 0 Å². The lowest BCUT2D eigenvalue weighted by Crippen LogP contribution is -2.24. The van der Waals surface area contributed by atoms with Crippen LogP contribution in [0.3, 0.4) is 0 Å². The average Bonchev–Trinajstić information content (AvgIpc) is 2.95. The molecule has 0 atom stereocenters. The van der Waals surface area contributed by atoms with Crippen LogP contribution >= 0.6 is 0 Å². The number of ether oxygens (including phenoxy) is 1. The molecule has 1 N–H and O–H groups in total. The van der Waals surface area contributed by atoms with Gasteiger partial charge in [-0.2, -0.15) is 5.10 Å². The summed E-state index contributed by atoms with van der Waals surface area (Å²) in [5.41, 5.74) is 4.86. The van der Waals surface area contributed by atoms with E-state index in [0.717, 1.165) is 36.3 Å². The minimum absolute atomic E-state index is 0.0704. The van der Waals surface area contributed by atoms with Crippen LogP contribution in [0.4, 0.5) is 0 Å². The minimum Gasteiger partial charge on any atom is -0.497 e. The van der Waals surface area contributed by atoms with E-state index < -0.39 is 0 Å². The maximum Gasteiger partial charge on any atom is 0.220 e. The van der Waals surface area contributed by atoms with Gasteiger partial charge in [-0.15, -0.1) is 0 Å². The molecule has 0 bridgehead atoms. The van der Waals surface area contributed by atoms with Crippen molar-refractivity contribution < 1.29 is 9.53 Å². The van der Waals surface area contributed by atoms with Gasteiger partial charge < -0.3 is 10.1 Å². The molecular formula is C19H25N3O2. The Balaban J connectivity index is 1.50. The zero-order chi connectivity index (χ0) is 16.9. The van der Waals surface area contributed by atoms with Crippen LogP contribution in [0.5, 0.6) is 5.75 Å². The van der Waals surface area contributed by atoms with E-state index in [-0.39, 0.29) is 5.91 Å². The molecule has 0 radical (unpaired) electrons. The number of amides is 1. The number of nitrogens with one attached hydrogen (secondary N) is 1. The van der Waals surface area contributed by atoms with Gasteiger partial charge in [-0.1, -0.05) is 12.1 Å². The molecule has 2 aromatic rings. The van der Waals surface area contributed by atoms with Gasteiger partial charge >= 0.3 is 0 Å². The lowest BCUT2D eigenvalue weighted by Gasteiger charge is -2.12. The zero-order valence-electron chi connectivity index (χ0n) is 14.5. The molecule has 1 aliphatic rings. The van der Waals surface area contributed by atoms with Crippen LogP contribution < -0.4 is 10.1 Å². The topological polar surface area (TPSA) is 56.1 Å². The first-order valence-corrected chi connectivity index (χ1v) is 8.60. The van der Waals surface area contributed by atoms with E-state index in [1.807, 2.05) is 36.0 Å². The van der Waals surface area contributed by atoms with Crippen molar-refractivity contribution in [3.05, 3.63) is 46.8 Å². The monoisotopic (exact) mass is 327 g/mol. The summed E-state index contributed by atoms with van der Waals surface area (Å²) in [5.74, 6) is 0.907. The Kier molecular flexibility index (Phi) is 5.18. The highest BCUT2D eigenvalue weighted by Crippen LogP contribution is 2.23. The molecule has 128 valence electrons. The fourth-order valence-corrected chi connectivity index (χ4v) is 3.32. The first-order chi connectivity index (χ1) is 11.7. The largest absolute Gasteiger partial charge is 0.497 e. The summed E-state index contributed by atoms with van der Waals surface area (Å²) in [6.07, 6.45) is 5.86. The third-order valence-electron chi connectivity index (χ3n) is 4.70. The smallest absolute Gasteiger partial charge is 0.220 e. The van der Waals surface area contributed by atoms with Crippen LogP contribution in [0.2, 0.25) is 0 Å². The summed E-state index contributed by atoms with van der Waals surface area (Å²) < 4.78 is 7.12. The standard InChI is InChI=1S/C19H25N3O2/c1-22-18-6-4-3-5-16(18)17(21-22)13-20-19(23)12-9-14-7-10-15(24-2)11-8-14/h7-8,10-11H,3-6,9,12-13H2,1-2H3,(H,20,23). The van der Waals surface area contributed by atoms with E-state index in [4.69, 9.17) is 4.74 Å². The predicted octanol–water partition coefficient (Wildman–Crippen LogP) is 2.56. The lowest BCUT2D eigenvalue weighted by molar-refractivity contribution is -0.121. The van der Waals surface area contributed by atoms with Crippen LogP contribution in [-0.4, -0.2) is 22.8 Å². The van der Waals surface area contributed by atoms with Gasteiger partial charge in [-0.25, -0.2) is 0 Å². The molecule has 1 aromatic heterocycles. The molecule has 24 heavy (non-hydrogen) atoms. The normalized spacial score (nSPS) is 13.4. The molecule has 1 heterocycles. The third-order valence-corrected chi connectivity index (χ3v) is 4.70. The Morgan fingerprint density at radius 2 is 2.00 bits per heavy atom. The first-order valence-electron chi connectivity index (χ1n) is 8.60. The number of carbonyl (C=O) groups excluding carboxylic acids is 1. The number of carbonyl (C=O) groups is 1. The molecule has 5 nitrogen and oxygen atoms in total. The molecular weight excluding hydrogens is 302 g/mol. The Bertz CT molecular complexity index is 704. The molecule has 0 aliphatic heterocycles. The van der Waals surface area contributed by atoms with Crippen LogP contribution in [0.1, 0.15) is 41.8 Å². The predicted molar refractivity (Wildman–Crippen MR) is 93.0 cm³/mol. The summed E-state index contributed by atoms with van der Waals surface area (Å²) >= 11 is 0. The molecule has 0 fully saturated rings. The van der Waals surface area contributed by atoms with Crippen molar-refractivity contribution in [3.8, 4) is 5.75 Å². The molecule has 1 aromatic carbocycles. The van der Waals surface area contributed by atoms with Gasteiger partial charge in [0.25, 0.3) is 0 Å². The van der Waals surface area contributed by atoms with Crippen molar-refractivity contribution >= 4 is 5.91 Å². The van der Waals surface area contributed by atoms with E-state index in [0.29, 0.717) is 13.0 Å². The first kappa shape index (κ1) is 16.6. The summed E-state index contributed by atoms with van der Waals surface area (Å²) in [6, 6.07) is 7.85. The summed E-state index contributed by atoms with van der Waals surface area (Å²) in [6.45, 7) is 0.532. The number of aryl methyl sites for hydroxylation is 2. The highest BCUT2D eigenvalue weighted by atomic mass is 16.5. The summed E-state index contributed by atoms with van der Waals surface area (Å²) in [5, 5.41) is 7.61. The van der Waals surface area contributed by atoms with Crippen molar-refractivity contribution in [2.24, 2.45) is 7.05 Å². The van der Waals surface area contributed by atoms with Crippen molar-refractivity contribution in [3.63, 3.8) is 0 Å². The number of fused-ring (bicyclic) bond motifs is 1. The molecule has 1 amide bonds. The van der Waals surface area contributed by atoms with Crippen LogP contribution in [0, 0.1) is 0 Å². The summed E-state index contributed by atoms with van der Waals surface area (Å²) in [4.78, 5) is 12.1. The van der Waals surface area contributed by atoms with Gasteiger partial charge in [0.1, 0.15) is 5.75 Å². The molecule has 1 aliphatic carbocycles. The number of hydrogen-bond acceptors (Lipinski definition) is 3. The van der Waals surface area contributed by atoms with Gasteiger partial charge in [-0.3, -0.25) is 9.48 Å². The van der Waals surface area contributed by atoms with E-state index in [1.54, 1.807) is 7.11 Å². The van der Waals surface area contributed by atoms with Gasteiger partial charge in [0.05, 0.1) is 19.3 Å². The van der Waals surface area contributed by atoms with E-state index in [2.05, 4.69) is 10.4 Å². The fraction of sp³-hybridized carbons (Fsp3) is 0.474. The number of hydrogen-bond donors (Lipinski definition) is 1. The Morgan fingerprint density at radius 1 is 1.25 bits per heavy atom. The van der Waals surface area contributed by atoms with E-state index in [9.17, 15) is 4.79 Å². The maximum atomic E-state index is 12.1. The Labute approximate surface area is 143 Å². The second kappa shape index (κ2) is 7.51. The van der Waals surface area contributed by atoms with E-state index >= 15 is 0 Å². The van der Waals surface area contributed by atoms with Gasteiger partial charge in [0, 0.05) is 19.2 Å². The van der Waals surface area contributed by atoms with Crippen LogP contribution in [0.25, 0.3) is 0 Å². The van der Waals surface area contributed by atoms with Crippen LogP contribution in [0.15, 0.2) is 24.3 Å². The van der Waals surface area contributed by atoms with E-state index in [1.165, 1.54) is 24.1 Å². The third kappa shape index (κ3) is 3.78. The molecule has 3 rings (SSSR count). The lowest BCUT2D eigenvalue weighted by atomic mass is 9.96. The number of nitrogens with zero attached hydrogens (tertiary/aromatic N) is 2. The van der Waals surface area contributed by atoms with Crippen molar-refractivity contribution in [1.82, 2.24) is 15.1 Å². The Hall–Kier alpha value is -2.30. The molecule has 0 saturated carbocycles. The molecule has 5 heteroatoms. The van der Waals surface area contributed by atoms with Crippen molar-refractivity contribution in [2.45, 2.75) is 45.1 Å². The number of methoxy groups -OCH3 is 1. The fourth-order valence-electron chi connectivity index (χ4n) is 3.32. The second-order valence-corrected chi connectivity index (χ2v) is 6.33. The maximum absolute atomic E-state index is 12.1. The van der Waals surface area contributed by atoms with Gasteiger partial charge in [-0.05, 0) is 55.4 Å². The quantitative estimate of drug-likeness (QED) is 0.887. The zero-order valence-corrected chi connectivity index (χ0v) is 14.5. The van der Waals surface area contributed by atoms with Crippen LogP contribution in [-0.2, 0) is 37.6 Å². The SMILES string of the molecule is COc1ccc(CCC(=O)NCc2nn(C)c3c2CCCC3)cc1. The molecule has 0 unspecified atom stereocenters. The Morgan fingerprint density at radius 3 is 2.75 bits per heavy atom. The molecule has 0 saturated heterocycles. The van der Waals surface area contributed by atoms with Gasteiger partial charge in [0.15, 0.2) is 0 Å². The van der Waals surface area contributed by atoms with Crippen molar-refractivity contribution in [2.75, 3.05) is 7.11 Å². The van der Waals surface area contributed by atoms with Gasteiger partial charge in [0.2, 0.25) is 5.91 Å². The average molecular weight is 327 g/mol.